The predicted octanol–water partition coefficient (Wildman–Crippen LogP) is 1.96. The molecule has 2 nitrogen and oxygen atoms in total. The second-order valence-corrected chi connectivity index (χ2v) is 4.96. The maximum atomic E-state index is 3.23. The number of hydrogen-bond acceptors (Lipinski definition) is 2. The molecule has 0 aromatic heterocycles. The van der Waals surface area contributed by atoms with Crippen LogP contribution in [0.1, 0.15) is 33.1 Å². The first-order chi connectivity index (χ1) is 6.66. The smallest absolute Gasteiger partial charge is 0.0144 e. The second-order valence-electron chi connectivity index (χ2n) is 4.96. The zero-order valence-corrected chi connectivity index (χ0v) is 10.2. The third-order valence-corrected chi connectivity index (χ3v) is 3.71. The van der Waals surface area contributed by atoms with Gasteiger partial charge in [0.15, 0.2) is 0 Å². The van der Waals surface area contributed by atoms with E-state index in [0.717, 1.165) is 24.4 Å². The van der Waals surface area contributed by atoms with Gasteiger partial charge in [0.25, 0.3) is 0 Å². The lowest BCUT2D eigenvalue weighted by molar-refractivity contribution is 0.0927. The molecule has 0 aromatic rings. The Balaban J connectivity index is 2.45. The molecule has 0 amide bonds. The molecule has 0 saturated heterocycles. The molecule has 0 heterocycles. The van der Waals surface area contributed by atoms with E-state index in [9.17, 15) is 0 Å². The fourth-order valence-electron chi connectivity index (χ4n) is 2.97. The normalized spacial score (nSPS) is 33.6. The van der Waals surface area contributed by atoms with Gasteiger partial charge < -0.3 is 10.2 Å². The van der Waals surface area contributed by atoms with Crippen LogP contribution in [0.15, 0.2) is 0 Å². The van der Waals surface area contributed by atoms with Gasteiger partial charge in [-0.05, 0) is 38.8 Å². The van der Waals surface area contributed by atoms with Crippen molar-refractivity contribution in [1.82, 2.24) is 10.2 Å². The Bertz CT molecular complexity index is 148. The molecule has 1 fully saturated rings. The summed E-state index contributed by atoms with van der Waals surface area (Å²) in [6.45, 7) is 7.11. The van der Waals surface area contributed by atoms with E-state index in [2.05, 4.69) is 31.1 Å². The van der Waals surface area contributed by atoms with E-state index in [1.807, 2.05) is 7.05 Å². The Morgan fingerprint density at radius 3 is 2.29 bits per heavy atom. The van der Waals surface area contributed by atoms with Crippen LogP contribution in [0, 0.1) is 11.8 Å². The average molecular weight is 198 g/mol. The summed E-state index contributed by atoms with van der Waals surface area (Å²) in [5, 5.41) is 3.23. The van der Waals surface area contributed by atoms with Gasteiger partial charge in [0, 0.05) is 19.1 Å². The van der Waals surface area contributed by atoms with Crippen LogP contribution in [0.3, 0.4) is 0 Å². The molecule has 84 valence electrons. The molecule has 2 atom stereocenters. The average Bonchev–Trinajstić information content (AvgIpc) is 2.14. The van der Waals surface area contributed by atoms with Crippen molar-refractivity contribution in [3.8, 4) is 0 Å². The molecule has 1 aliphatic rings. The molecule has 0 aromatic carbocycles. The molecule has 1 saturated carbocycles. The van der Waals surface area contributed by atoms with Crippen molar-refractivity contribution in [2.45, 2.75) is 39.2 Å². The lowest BCUT2D eigenvalue weighted by atomic mass is 9.78. The standard InChI is InChI=1S/C12H26N2/c1-10-6-5-7-11(2)12(10)14(4)9-8-13-3/h10-13H,5-9H2,1-4H3. The Kier molecular flexibility index (Phi) is 4.90. The van der Waals surface area contributed by atoms with Crippen LogP contribution in [0.5, 0.6) is 0 Å². The zero-order valence-electron chi connectivity index (χ0n) is 10.2. The molecular weight excluding hydrogens is 172 g/mol. The summed E-state index contributed by atoms with van der Waals surface area (Å²) in [7, 11) is 4.31. The molecule has 0 bridgehead atoms. The maximum Gasteiger partial charge on any atom is 0.0144 e. The lowest BCUT2D eigenvalue weighted by Crippen LogP contribution is -2.46. The van der Waals surface area contributed by atoms with E-state index < -0.39 is 0 Å². The summed E-state index contributed by atoms with van der Waals surface area (Å²) in [5.74, 6) is 1.75. The first-order valence-electron chi connectivity index (χ1n) is 6.01. The van der Waals surface area contributed by atoms with E-state index in [1.165, 1.54) is 25.8 Å². The molecule has 1 N–H and O–H groups in total. The zero-order chi connectivity index (χ0) is 10.6. The first-order valence-corrected chi connectivity index (χ1v) is 6.01. The highest BCUT2D eigenvalue weighted by atomic mass is 15.1. The van der Waals surface area contributed by atoms with Crippen LogP contribution in [-0.4, -0.2) is 38.1 Å². The van der Waals surface area contributed by atoms with E-state index in [4.69, 9.17) is 0 Å². The molecule has 0 spiro atoms. The van der Waals surface area contributed by atoms with Gasteiger partial charge in [-0.25, -0.2) is 0 Å². The van der Waals surface area contributed by atoms with Gasteiger partial charge in [0.2, 0.25) is 0 Å². The van der Waals surface area contributed by atoms with Gasteiger partial charge >= 0.3 is 0 Å². The summed E-state index contributed by atoms with van der Waals surface area (Å²) in [6, 6.07) is 0.803. The third kappa shape index (κ3) is 2.96. The van der Waals surface area contributed by atoms with Crippen molar-refractivity contribution in [3.63, 3.8) is 0 Å². The Labute approximate surface area is 89.1 Å². The van der Waals surface area contributed by atoms with Gasteiger partial charge in [0.1, 0.15) is 0 Å². The Morgan fingerprint density at radius 2 is 1.79 bits per heavy atom. The molecule has 1 aliphatic carbocycles. The number of nitrogens with one attached hydrogen (secondary N) is 1. The van der Waals surface area contributed by atoms with Crippen LogP contribution in [0.4, 0.5) is 0 Å². The summed E-state index contributed by atoms with van der Waals surface area (Å²) >= 11 is 0. The highest BCUT2D eigenvalue weighted by Crippen LogP contribution is 2.31. The number of hydrogen-bond donors (Lipinski definition) is 1. The summed E-state index contributed by atoms with van der Waals surface area (Å²) < 4.78 is 0. The molecule has 1 rings (SSSR count). The van der Waals surface area contributed by atoms with Crippen molar-refractivity contribution < 1.29 is 0 Å². The summed E-state index contributed by atoms with van der Waals surface area (Å²) in [4.78, 5) is 2.55. The van der Waals surface area contributed by atoms with E-state index >= 15 is 0 Å². The molecule has 14 heavy (non-hydrogen) atoms. The van der Waals surface area contributed by atoms with Crippen molar-refractivity contribution in [3.05, 3.63) is 0 Å². The van der Waals surface area contributed by atoms with Crippen molar-refractivity contribution in [2.75, 3.05) is 27.2 Å². The van der Waals surface area contributed by atoms with Gasteiger partial charge in [-0.15, -0.1) is 0 Å². The van der Waals surface area contributed by atoms with Crippen LogP contribution in [0.25, 0.3) is 0 Å². The summed E-state index contributed by atoms with van der Waals surface area (Å²) in [6.07, 6.45) is 4.26. The predicted molar refractivity (Wildman–Crippen MR) is 62.5 cm³/mol. The second kappa shape index (κ2) is 5.72. The SMILES string of the molecule is CNCCN(C)C1C(C)CCCC1C. The van der Waals surface area contributed by atoms with Crippen LogP contribution in [0.2, 0.25) is 0 Å². The Morgan fingerprint density at radius 1 is 1.21 bits per heavy atom. The van der Waals surface area contributed by atoms with Crippen LogP contribution < -0.4 is 5.32 Å². The lowest BCUT2D eigenvalue weighted by Gasteiger charge is -2.41. The van der Waals surface area contributed by atoms with Gasteiger partial charge in [-0.1, -0.05) is 20.3 Å². The third-order valence-electron chi connectivity index (χ3n) is 3.71. The quantitative estimate of drug-likeness (QED) is 0.743. The van der Waals surface area contributed by atoms with Crippen LogP contribution in [-0.2, 0) is 0 Å². The van der Waals surface area contributed by atoms with Crippen molar-refractivity contribution >= 4 is 0 Å². The molecule has 2 heteroatoms. The van der Waals surface area contributed by atoms with E-state index in [-0.39, 0.29) is 0 Å². The maximum absolute atomic E-state index is 3.23. The minimum absolute atomic E-state index is 0.803. The fourth-order valence-corrected chi connectivity index (χ4v) is 2.97. The first kappa shape index (κ1) is 12.0. The molecule has 2 unspecified atom stereocenters. The summed E-state index contributed by atoms with van der Waals surface area (Å²) in [5.41, 5.74) is 0. The van der Waals surface area contributed by atoms with Gasteiger partial charge in [-0.2, -0.15) is 0 Å². The Hall–Kier alpha value is -0.0800. The number of rotatable bonds is 4. The van der Waals surface area contributed by atoms with E-state index in [1.54, 1.807) is 0 Å². The molecule has 0 radical (unpaired) electrons. The topological polar surface area (TPSA) is 15.3 Å². The number of likely N-dealkylation sites (N-methyl/N-ethyl adjacent to an activating group) is 2. The largest absolute Gasteiger partial charge is 0.318 e. The van der Waals surface area contributed by atoms with Crippen molar-refractivity contribution in [2.24, 2.45) is 11.8 Å². The van der Waals surface area contributed by atoms with Gasteiger partial charge in [-0.3, -0.25) is 0 Å². The minimum Gasteiger partial charge on any atom is -0.318 e. The monoisotopic (exact) mass is 198 g/mol. The molecule has 0 aliphatic heterocycles. The van der Waals surface area contributed by atoms with Crippen LogP contribution >= 0.6 is 0 Å². The highest BCUT2D eigenvalue weighted by Gasteiger charge is 2.30. The molecular formula is C12H26N2. The fraction of sp³-hybridized carbons (Fsp3) is 1.00. The highest BCUT2D eigenvalue weighted by molar-refractivity contribution is 4.84. The van der Waals surface area contributed by atoms with Crippen molar-refractivity contribution in [1.29, 1.82) is 0 Å². The minimum atomic E-state index is 0.803. The number of nitrogens with zero attached hydrogens (tertiary/aromatic N) is 1. The van der Waals surface area contributed by atoms with Gasteiger partial charge in [0.05, 0.1) is 0 Å². The van der Waals surface area contributed by atoms with E-state index in [0.29, 0.717) is 0 Å².